The zero-order valence-electron chi connectivity index (χ0n) is 31.3. The monoisotopic (exact) mass is 725 g/mol. The molecule has 1 saturated heterocycles. The van der Waals surface area contributed by atoms with Gasteiger partial charge in [0.15, 0.2) is 0 Å². The van der Waals surface area contributed by atoms with Gasteiger partial charge in [-0.1, -0.05) is 62.4 Å². The summed E-state index contributed by atoms with van der Waals surface area (Å²) in [5, 5.41) is 33.5. The fourth-order valence-corrected chi connectivity index (χ4v) is 6.92. The van der Waals surface area contributed by atoms with Gasteiger partial charge in [0, 0.05) is 43.9 Å². The molecule has 2 heterocycles. The molecule has 0 unspecified atom stereocenters. The van der Waals surface area contributed by atoms with Gasteiger partial charge < -0.3 is 46.1 Å². The Kier molecular flexibility index (Phi) is 14.5. The van der Waals surface area contributed by atoms with Crippen LogP contribution in [0.25, 0.3) is 0 Å². The van der Waals surface area contributed by atoms with Crippen LogP contribution in [0.15, 0.2) is 42.9 Å². The summed E-state index contributed by atoms with van der Waals surface area (Å²) < 4.78 is 5.37. The quantitative estimate of drug-likeness (QED) is 0.154. The zero-order valence-corrected chi connectivity index (χ0v) is 31.3. The van der Waals surface area contributed by atoms with Crippen molar-refractivity contribution in [3.8, 4) is 0 Å². The molecule has 14 nitrogen and oxygen atoms in total. The summed E-state index contributed by atoms with van der Waals surface area (Å²) in [4.78, 5) is 62.6. The SMILES string of the molecule is CC(C)(C)OC(=O)NC1CCN(C(=O)N[C@@H](Cc2ccccc2)C(=O)N[C@@H](Cc2cnc[nH]2)C(=O)N[C@@H](CC2CCCCC2)[C@H](O)C(C)(C)O)CC1. The van der Waals surface area contributed by atoms with Gasteiger partial charge in [-0.3, -0.25) is 9.59 Å². The number of nitrogens with zero attached hydrogens (tertiary/aromatic N) is 2. The van der Waals surface area contributed by atoms with Gasteiger partial charge in [0.25, 0.3) is 0 Å². The number of carbonyl (C=O) groups is 4. The topological polar surface area (TPSA) is 198 Å². The van der Waals surface area contributed by atoms with Crippen LogP contribution >= 0.6 is 0 Å². The number of carbonyl (C=O) groups excluding carboxylic acids is 4. The minimum atomic E-state index is -1.47. The Morgan fingerprint density at radius 1 is 0.904 bits per heavy atom. The average Bonchev–Trinajstić information content (AvgIpc) is 3.60. The number of aromatic nitrogens is 2. The highest BCUT2D eigenvalue weighted by atomic mass is 16.6. The van der Waals surface area contributed by atoms with Crippen molar-refractivity contribution in [2.75, 3.05) is 13.1 Å². The number of hydrogen-bond acceptors (Lipinski definition) is 8. The van der Waals surface area contributed by atoms with Crippen LogP contribution in [0.5, 0.6) is 0 Å². The standard InChI is InChI=1S/C38H59N7O7/c1-37(2,3)52-36(50)41-27-16-18-45(19-17-27)35(49)44-30(21-26-14-10-7-11-15-26)33(47)43-31(22-28-23-39-24-40-28)34(48)42-29(32(46)38(4,5)51)20-25-12-8-6-9-13-25/h7,10-11,14-15,23-25,27,29-32,46,51H,6,8-9,12-13,16-22H2,1-5H3,(H,39,40)(H,41,50)(H,42,48)(H,43,47)(H,44,49)/t29-,30-,31-,32-/m0/s1. The largest absolute Gasteiger partial charge is 0.444 e. The molecule has 1 aliphatic carbocycles. The fraction of sp³-hybridized carbons (Fsp3) is 0.658. The van der Waals surface area contributed by atoms with E-state index < -0.39 is 59.4 Å². The maximum absolute atomic E-state index is 14.1. The zero-order chi connectivity index (χ0) is 37.9. The maximum atomic E-state index is 14.1. The Morgan fingerprint density at radius 2 is 1.54 bits per heavy atom. The number of piperidine rings is 1. The van der Waals surface area contributed by atoms with Gasteiger partial charge in [-0.15, -0.1) is 0 Å². The van der Waals surface area contributed by atoms with Crippen LogP contribution in [0.1, 0.15) is 97.2 Å². The number of amides is 5. The maximum Gasteiger partial charge on any atom is 0.407 e. The van der Waals surface area contributed by atoms with Crippen molar-refractivity contribution in [3.05, 3.63) is 54.1 Å². The second-order valence-corrected chi connectivity index (χ2v) is 15.9. The minimum Gasteiger partial charge on any atom is -0.444 e. The molecule has 1 aromatic heterocycles. The van der Waals surface area contributed by atoms with Gasteiger partial charge >= 0.3 is 12.1 Å². The highest BCUT2D eigenvalue weighted by molar-refractivity contribution is 5.92. The lowest BCUT2D eigenvalue weighted by Gasteiger charge is -2.36. The summed E-state index contributed by atoms with van der Waals surface area (Å²) in [5.41, 5.74) is -0.664. The lowest BCUT2D eigenvalue weighted by atomic mass is 9.81. The molecule has 4 atom stereocenters. The first kappa shape index (κ1) is 40.6. The molecule has 0 radical (unpaired) electrons. The number of likely N-dealkylation sites (tertiary alicyclic amines) is 1. The first-order valence-electron chi connectivity index (χ1n) is 18.6. The van der Waals surface area contributed by atoms with Crippen molar-refractivity contribution in [1.82, 2.24) is 36.1 Å². The van der Waals surface area contributed by atoms with E-state index in [0.29, 0.717) is 44.0 Å². The number of benzene rings is 1. The lowest BCUT2D eigenvalue weighted by Crippen LogP contribution is -2.60. The van der Waals surface area contributed by atoms with E-state index in [-0.39, 0.29) is 18.9 Å². The van der Waals surface area contributed by atoms with E-state index in [4.69, 9.17) is 4.74 Å². The first-order valence-corrected chi connectivity index (χ1v) is 18.6. The van der Waals surface area contributed by atoms with Crippen LogP contribution in [-0.4, -0.2) is 104 Å². The number of aliphatic hydroxyl groups is 2. The number of aliphatic hydroxyl groups excluding tert-OH is 1. The van der Waals surface area contributed by atoms with Gasteiger partial charge in [0.1, 0.15) is 23.8 Å². The number of imidazole rings is 1. The molecule has 288 valence electrons. The van der Waals surface area contributed by atoms with E-state index in [2.05, 4.69) is 31.2 Å². The fourth-order valence-electron chi connectivity index (χ4n) is 6.92. The second-order valence-electron chi connectivity index (χ2n) is 15.9. The Morgan fingerprint density at radius 3 is 2.13 bits per heavy atom. The summed E-state index contributed by atoms with van der Waals surface area (Å²) in [6.07, 6.45) is 8.40. The van der Waals surface area contributed by atoms with Crippen LogP contribution in [0.3, 0.4) is 0 Å². The van der Waals surface area contributed by atoms with E-state index in [9.17, 15) is 29.4 Å². The van der Waals surface area contributed by atoms with E-state index in [0.717, 1.165) is 37.7 Å². The molecule has 2 aromatic rings. The molecule has 7 N–H and O–H groups in total. The van der Waals surface area contributed by atoms with Crippen LogP contribution < -0.4 is 21.3 Å². The summed E-state index contributed by atoms with van der Waals surface area (Å²) >= 11 is 0. The summed E-state index contributed by atoms with van der Waals surface area (Å²) in [5.74, 6) is -0.776. The Labute approximate surface area is 307 Å². The number of ether oxygens (including phenoxy) is 1. The third-order valence-electron chi connectivity index (χ3n) is 9.76. The molecule has 2 aliphatic rings. The molecule has 1 saturated carbocycles. The molecule has 1 aliphatic heterocycles. The molecular weight excluding hydrogens is 666 g/mol. The van der Waals surface area contributed by atoms with E-state index in [1.54, 1.807) is 31.9 Å². The number of urea groups is 1. The van der Waals surface area contributed by atoms with Crippen molar-refractivity contribution in [3.63, 3.8) is 0 Å². The highest BCUT2D eigenvalue weighted by Crippen LogP contribution is 2.29. The predicted molar refractivity (Wildman–Crippen MR) is 196 cm³/mol. The van der Waals surface area contributed by atoms with Crippen LogP contribution in [-0.2, 0) is 27.2 Å². The number of hydrogen-bond donors (Lipinski definition) is 7. The van der Waals surface area contributed by atoms with Crippen molar-refractivity contribution < 1.29 is 34.1 Å². The normalized spacial score (nSPS) is 18.4. The highest BCUT2D eigenvalue weighted by Gasteiger charge is 2.37. The molecule has 0 spiro atoms. The molecule has 5 amide bonds. The molecule has 52 heavy (non-hydrogen) atoms. The minimum absolute atomic E-state index is 0.0799. The third kappa shape index (κ3) is 13.1. The number of H-pyrrole nitrogens is 1. The van der Waals surface area contributed by atoms with Crippen molar-refractivity contribution in [1.29, 1.82) is 0 Å². The number of aromatic amines is 1. The van der Waals surface area contributed by atoms with Crippen LogP contribution in [0.2, 0.25) is 0 Å². The molecule has 14 heteroatoms. The molecule has 0 bridgehead atoms. The number of alkyl carbamates (subject to hydrolysis) is 1. The lowest BCUT2D eigenvalue weighted by molar-refractivity contribution is -0.132. The Hall–Kier alpha value is -4.17. The van der Waals surface area contributed by atoms with Crippen LogP contribution in [0, 0.1) is 5.92 Å². The van der Waals surface area contributed by atoms with Crippen LogP contribution in [0.4, 0.5) is 9.59 Å². The van der Waals surface area contributed by atoms with Gasteiger partial charge in [-0.2, -0.15) is 0 Å². The van der Waals surface area contributed by atoms with Crippen molar-refractivity contribution >= 4 is 23.9 Å². The number of nitrogens with one attached hydrogen (secondary N) is 5. The first-order chi connectivity index (χ1) is 24.6. The number of rotatable bonds is 14. The summed E-state index contributed by atoms with van der Waals surface area (Å²) in [6.45, 7) is 9.14. The molecular formula is C38H59N7O7. The van der Waals surface area contributed by atoms with E-state index in [1.165, 1.54) is 20.2 Å². The van der Waals surface area contributed by atoms with Crippen molar-refractivity contribution in [2.24, 2.45) is 5.92 Å². The third-order valence-corrected chi connectivity index (χ3v) is 9.76. The average molecular weight is 726 g/mol. The van der Waals surface area contributed by atoms with E-state index in [1.807, 2.05) is 30.3 Å². The molecule has 4 rings (SSSR count). The van der Waals surface area contributed by atoms with Gasteiger partial charge in [-0.05, 0) is 65.4 Å². The summed E-state index contributed by atoms with van der Waals surface area (Å²) in [7, 11) is 0. The van der Waals surface area contributed by atoms with Crippen molar-refractivity contribution in [2.45, 2.75) is 140 Å². The predicted octanol–water partition coefficient (Wildman–Crippen LogP) is 3.33. The van der Waals surface area contributed by atoms with Gasteiger partial charge in [0.05, 0.1) is 18.0 Å². The van der Waals surface area contributed by atoms with Gasteiger partial charge in [-0.25, -0.2) is 14.6 Å². The van der Waals surface area contributed by atoms with E-state index >= 15 is 0 Å². The summed E-state index contributed by atoms with van der Waals surface area (Å²) in [6, 6.07) is 5.86. The molecule has 1 aromatic carbocycles. The Bertz CT molecular complexity index is 1430. The van der Waals surface area contributed by atoms with Gasteiger partial charge in [0.2, 0.25) is 11.8 Å². The smallest absolute Gasteiger partial charge is 0.407 e. The molecule has 2 fully saturated rings. The Balaban J connectivity index is 1.47. The second kappa shape index (κ2) is 18.5.